The van der Waals surface area contributed by atoms with Crippen molar-refractivity contribution in [3.05, 3.63) is 35.9 Å². The van der Waals surface area contributed by atoms with Crippen LogP contribution in [0.2, 0.25) is 0 Å². The number of carbonyl (C=O) groups is 2. The van der Waals surface area contributed by atoms with Crippen molar-refractivity contribution < 1.29 is 14.3 Å². The number of ether oxygens (including phenoxy) is 1. The molecule has 4 nitrogen and oxygen atoms in total. The van der Waals surface area contributed by atoms with Gasteiger partial charge in [-0.3, -0.25) is 9.59 Å². The van der Waals surface area contributed by atoms with Gasteiger partial charge in [0.15, 0.2) is 0 Å². The Balaban J connectivity index is 2.59. The van der Waals surface area contributed by atoms with Crippen LogP contribution < -0.4 is 0 Å². The van der Waals surface area contributed by atoms with Crippen molar-refractivity contribution in [3.63, 3.8) is 0 Å². The molecule has 0 N–H and O–H groups in total. The van der Waals surface area contributed by atoms with E-state index in [0.29, 0.717) is 32.0 Å². The van der Waals surface area contributed by atoms with Gasteiger partial charge in [0.1, 0.15) is 0 Å². The van der Waals surface area contributed by atoms with Crippen molar-refractivity contribution in [2.75, 3.05) is 19.7 Å². The van der Waals surface area contributed by atoms with Gasteiger partial charge in [0.2, 0.25) is 5.91 Å². The van der Waals surface area contributed by atoms with Crippen LogP contribution in [0.3, 0.4) is 0 Å². The molecule has 4 heteroatoms. The first kappa shape index (κ1) is 17.2. The quantitative estimate of drug-likeness (QED) is 0.692. The third kappa shape index (κ3) is 6.93. The van der Waals surface area contributed by atoms with E-state index in [9.17, 15) is 9.59 Å². The number of esters is 1. The highest BCUT2D eigenvalue weighted by atomic mass is 16.5. The van der Waals surface area contributed by atoms with Gasteiger partial charge in [-0.15, -0.1) is 0 Å². The van der Waals surface area contributed by atoms with E-state index in [0.717, 1.165) is 5.56 Å². The standard InChI is InChI=1S/C17H25NO3/c1-4-21-17(20)10-11-18(13-14(2)3)16(19)12-15-8-6-5-7-9-15/h5-9,14H,4,10-13H2,1-3H3. The van der Waals surface area contributed by atoms with Crippen LogP contribution >= 0.6 is 0 Å². The monoisotopic (exact) mass is 291 g/mol. The van der Waals surface area contributed by atoms with Crippen LogP contribution in [0, 0.1) is 5.92 Å². The van der Waals surface area contributed by atoms with E-state index in [4.69, 9.17) is 4.74 Å². The molecule has 1 aromatic carbocycles. The zero-order valence-electron chi connectivity index (χ0n) is 13.2. The molecule has 0 aliphatic carbocycles. The second-order valence-corrected chi connectivity index (χ2v) is 5.45. The molecular formula is C17H25NO3. The summed E-state index contributed by atoms with van der Waals surface area (Å²) in [5.74, 6) is 0.171. The predicted molar refractivity (Wildman–Crippen MR) is 82.8 cm³/mol. The molecule has 116 valence electrons. The van der Waals surface area contributed by atoms with Crippen molar-refractivity contribution in [1.82, 2.24) is 4.90 Å². The molecule has 0 fully saturated rings. The Morgan fingerprint density at radius 1 is 1.19 bits per heavy atom. The first-order valence-corrected chi connectivity index (χ1v) is 7.50. The molecule has 0 bridgehead atoms. The molecule has 0 aliphatic heterocycles. The van der Waals surface area contributed by atoms with E-state index >= 15 is 0 Å². The lowest BCUT2D eigenvalue weighted by molar-refractivity contribution is -0.144. The average molecular weight is 291 g/mol. The molecule has 0 atom stereocenters. The summed E-state index contributed by atoms with van der Waals surface area (Å²) in [6, 6.07) is 9.66. The lowest BCUT2D eigenvalue weighted by Crippen LogP contribution is -2.37. The van der Waals surface area contributed by atoms with Gasteiger partial charge in [0.05, 0.1) is 19.4 Å². The topological polar surface area (TPSA) is 46.6 Å². The highest BCUT2D eigenvalue weighted by molar-refractivity contribution is 5.79. The average Bonchev–Trinajstić information content (AvgIpc) is 2.44. The van der Waals surface area contributed by atoms with Crippen LogP contribution in [0.25, 0.3) is 0 Å². The van der Waals surface area contributed by atoms with Gasteiger partial charge in [-0.05, 0) is 18.4 Å². The zero-order chi connectivity index (χ0) is 15.7. The minimum Gasteiger partial charge on any atom is -0.466 e. The summed E-state index contributed by atoms with van der Waals surface area (Å²) in [6.45, 7) is 7.36. The summed E-state index contributed by atoms with van der Waals surface area (Å²) >= 11 is 0. The second-order valence-electron chi connectivity index (χ2n) is 5.45. The van der Waals surface area contributed by atoms with E-state index in [1.54, 1.807) is 11.8 Å². The Labute approximate surface area is 127 Å². The highest BCUT2D eigenvalue weighted by Crippen LogP contribution is 2.07. The van der Waals surface area contributed by atoms with E-state index in [1.807, 2.05) is 30.3 Å². The summed E-state index contributed by atoms with van der Waals surface area (Å²) in [7, 11) is 0. The first-order valence-electron chi connectivity index (χ1n) is 7.50. The van der Waals surface area contributed by atoms with E-state index in [1.165, 1.54) is 0 Å². The smallest absolute Gasteiger partial charge is 0.307 e. The predicted octanol–water partition coefficient (Wildman–Crippen LogP) is 2.67. The van der Waals surface area contributed by atoms with Crippen LogP contribution in [-0.4, -0.2) is 36.5 Å². The fourth-order valence-electron chi connectivity index (χ4n) is 2.10. The minimum absolute atomic E-state index is 0.0548. The summed E-state index contributed by atoms with van der Waals surface area (Å²) in [5, 5.41) is 0. The number of hydrogen-bond acceptors (Lipinski definition) is 3. The minimum atomic E-state index is -0.251. The number of carbonyl (C=O) groups excluding carboxylic acids is 2. The molecule has 1 aromatic rings. The van der Waals surface area contributed by atoms with Gasteiger partial charge in [0.25, 0.3) is 0 Å². The molecular weight excluding hydrogens is 266 g/mol. The Kier molecular flexibility index (Phi) is 7.51. The van der Waals surface area contributed by atoms with Gasteiger partial charge in [-0.25, -0.2) is 0 Å². The Hall–Kier alpha value is -1.84. The van der Waals surface area contributed by atoms with Crippen LogP contribution in [0.4, 0.5) is 0 Å². The molecule has 0 saturated carbocycles. The molecule has 1 amide bonds. The third-order valence-electron chi connectivity index (χ3n) is 3.03. The van der Waals surface area contributed by atoms with Crippen LogP contribution in [-0.2, 0) is 20.7 Å². The highest BCUT2D eigenvalue weighted by Gasteiger charge is 2.17. The van der Waals surface area contributed by atoms with E-state index in [-0.39, 0.29) is 18.3 Å². The normalized spacial score (nSPS) is 10.5. The fraction of sp³-hybridized carbons (Fsp3) is 0.529. The summed E-state index contributed by atoms with van der Waals surface area (Å²) in [5.41, 5.74) is 0.993. The van der Waals surface area contributed by atoms with E-state index < -0.39 is 0 Å². The lowest BCUT2D eigenvalue weighted by Gasteiger charge is -2.24. The second kappa shape index (κ2) is 9.16. The molecule has 1 rings (SSSR count). The number of hydrogen-bond donors (Lipinski definition) is 0. The Morgan fingerprint density at radius 2 is 1.86 bits per heavy atom. The third-order valence-corrected chi connectivity index (χ3v) is 3.03. The fourth-order valence-corrected chi connectivity index (χ4v) is 2.10. The number of nitrogens with zero attached hydrogens (tertiary/aromatic N) is 1. The van der Waals surface area contributed by atoms with Crippen molar-refractivity contribution >= 4 is 11.9 Å². The van der Waals surface area contributed by atoms with Crippen LogP contribution in [0.5, 0.6) is 0 Å². The first-order chi connectivity index (χ1) is 10.0. The van der Waals surface area contributed by atoms with Crippen molar-refractivity contribution in [2.24, 2.45) is 5.92 Å². The summed E-state index contributed by atoms with van der Waals surface area (Å²) in [4.78, 5) is 25.6. The van der Waals surface area contributed by atoms with Crippen molar-refractivity contribution in [2.45, 2.75) is 33.6 Å². The molecule has 21 heavy (non-hydrogen) atoms. The Bertz CT molecular complexity index is 443. The molecule has 0 unspecified atom stereocenters. The SMILES string of the molecule is CCOC(=O)CCN(CC(C)C)C(=O)Cc1ccccc1. The molecule has 0 saturated heterocycles. The molecule has 0 heterocycles. The van der Waals surface area contributed by atoms with Crippen molar-refractivity contribution in [3.8, 4) is 0 Å². The number of rotatable bonds is 8. The number of benzene rings is 1. The molecule has 0 radical (unpaired) electrons. The maximum absolute atomic E-state index is 12.4. The summed E-state index contributed by atoms with van der Waals surface area (Å²) in [6.07, 6.45) is 0.622. The molecule has 0 aromatic heterocycles. The largest absolute Gasteiger partial charge is 0.466 e. The zero-order valence-corrected chi connectivity index (χ0v) is 13.2. The van der Waals surface area contributed by atoms with Crippen LogP contribution in [0.15, 0.2) is 30.3 Å². The van der Waals surface area contributed by atoms with Crippen LogP contribution in [0.1, 0.15) is 32.8 Å². The molecule has 0 aliphatic rings. The van der Waals surface area contributed by atoms with Crippen molar-refractivity contribution in [1.29, 1.82) is 0 Å². The van der Waals surface area contributed by atoms with Gasteiger partial charge < -0.3 is 9.64 Å². The maximum atomic E-state index is 12.4. The van der Waals surface area contributed by atoms with Gasteiger partial charge in [-0.1, -0.05) is 44.2 Å². The molecule has 0 spiro atoms. The van der Waals surface area contributed by atoms with E-state index in [2.05, 4.69) is 13.8 Å². The van der Waals surface area contributed by atoms with Gasteiger partial charge in [-0.2, -0.15) is 0 Å². The van der Waals surface area contributed by atoms with Gasteiger partial charge in [0, 0.05) is 13.1 Å². The lowest BCUT2D eigenvalue weighted by atomic mass is 10.1. The Morgan fingerprint density at radius 3 is 2.43 bits per heavy atom. The number of amides is 1. The summed E-state index contributed by atoms with van der Waals surface area (Å²) < 4.78 is 4.92. The van der Waals surface area contributed by atoms with Gasteiger partial charge >= 0.3 is 5.97 Å². The maximum Gasteiger partial charge on any atom is 0.307 e.